The molecule has 0 aliphatic carbocycles. The first-order chi connectivity index (χ1) is 5.59. The Morgan fingerprint density at radius 2 is 1.83 bits per heavy atom. The molecular formula is C11H18O. The predicted molar refractivity (Wildman–Crippen MR) is 51.7 cm³/mol. The summed E-state index contributed by atoms with van der Waals surface area (Å²) in [5, 5.41) is 0. The fourth-order valence-corrected chi connectivity index (χ4v) is 1.02. The Labute approximate surface area is 75.5 Å². The van der Waals surface area contributed by atoms with Gasteiger partial charge in [0.15, 0.2) is 0 Å². The Bertz CT molecular complexity index is 193. The Balaban J connectivity index is 3.87. The zero-order valence-electron chi connectivity index (χ0n) is 8.48. The van der Waals surface area contributed by atoms with E-state index in [2.05, 4.69) is 11.8 Å². The van der Waals surface area contributed by atoms with Crippen LogP contribution in [0, 0.1) is 23.7 Å². The molecule has 68 valence electrons. The van der Waals surface area contributed by atoms with E-state index in [1.807, 2.05) is 27.7 Å². The van der Waals surface area contributed by atoms with Gasteiger partial charge in [0.25, 0.3) is 0 Å². The van der Waals surface area contributed by atoms with Gasteiger partial charge in [-0.2, -0.15) is 0 Å². The summed E-state index contributed by atoms with van der Waals surface area (Å²) in [6.07, 6.45) is 1.59. The Hall–Kier alpha value is -0.770. The van der Waals surface area contributed by atoms with Crippen LogP contribution in [0.25, 0.3) is 0 Å². The Kier molecular flexibility index (Phi) is 5.45. The third-order valence-electron chi connectivity index (χ3n) is 1.76. The smallest absolute Gasteiger partial charge is 0.139 e. The van der Waals surface area contributed by atoms with Gasteiger partial charge in [0.1, 0.15) is 5.78 Å². The van der Waals surface area contributed by atoms with Crippen LogP contribution in [-0.2, 0) is 4.79 Å². The molecule has 0 saturated carbocycles. The molecule has 0 bridgehead atoms. The van der Waals surface area contributed by atoms with Gasteiger partial charge in [-0.15, -0.1) is 11.8 Å². The van der Waals surface area contributed by atoms with Crippen molar-refractivity contribution in [3.63, 3.8) is 0 Å². The van der Waals surface area contributed by atoms with Crippen LogP contribution in [0.4, 0.5) is 0 Å². The predicted octanol–water partition coefficient (Wildman–Crippen LogP) is 2.65. The first kappa shape index (κ1) is 11.2. The summed E-state index contributed by atoms with van der Waals surface area (Å²) in [6, 6.07) is 0. The van der Waals surface area contributed by atoms with Crippen LogP contribution in [0.3, 0.4) is 0 Å². The molecule has 0 aliphatic heterocycles. The lowest BCUT2D eigenvalue weighted by Gasteiger charge is -2.08. The Morgan fingerprint density at radius 1 is 1.25 bits per heavy atom. The highest BCUT2D eigenvalue weighted by Crippen LogP contribution is 2.09. The van der Waals surface area contributed by atoms with Crippen molar-refractivity contribution >= 4 is 5.78 Å². The van der Waals surface area contributed by atoms with Crippen LogP contribution in [0.2, 0.25) is 0 Å². The lowest BCUT2D eigenvalue weighted by Crippen LogP contribution is -2.16. The molecule has 0 aromatic rings. The zero-order valence-corrected chi connectivity index (χ0v) is 8.48. The summed E-state index contributed by atoms with van der Waals surface area (Å²) in [4.78, 5) is 11.4. The molecule has 1 atom stereocenters. The summed E-state index contributed by atoms with van der Waals surface area (Å²) >= 11 is 0. The minimum Gasteiger partial charge on any atom is -0.299 e. The lowest BCUT2D eigenvalue weighted by molar-refractivity contribution is -0.125. The van der Waals surface area contributed by atoms with Gasteiger partial charge in [-0.3, -0.25) is 4.79 Å². The zero-order chi connectivity index (χ0) is 9.56. The van der Waals surface area contributed by atoms with Gasteiger partial charge in [0, 0.05) is 24.7 Å². The van der Waals surface area contributed by atoms with Crippen LogP contribution in [0.1, 0.15) is 40.5 Å². The number of rotatable bonds is 3. The second-order valence-electron chi connectivity index (χ2n) is 3.37. The van der Waals surface area contributed by atoms with E-state index in [9.17, 15) is 4.79 Å². The van der Waals surface area contributed by atoms with Crippen LogP contribution >= 0.6 is 0 Å². The van der Waals surface area contributed by atoms with Crippen molar-refractivity contribution in [2.75, 3.05) is 0 Å². The van der Waals surface area contributed by atoms with Gasteiger partial charge in [-0.1, -0.05) is 27.7 Å². The van der Waals surface area contributed by atoms with Crippen molar-refractivity contribution in [3.05, 3.63) is 0 Å². The molecule has 0 aromatic heterocycles. The van der Waals surface area contributed by atoms with Crippen molar-refractivity contribution in [2.45, 2.75) is 40.5 Å². The highest BCUT2D eigenvalue weighted by molar-refractivity contribution is 5.82. The van der Waals surface area contributed by atoms with E-state index in [-0.39, 0.29) is 11.8 Å². The standard InChI is InChI=1S/C11H18O/c1-5-6-7-8-10(4)11(12)9(2)3/h9-10H,5,8H2,1-4H3/t10-/m0/s1. The first-order valence-corrected chi connectivity index (χ1v) is 4.59. The SMILES string of the molecule is CCC#CC[C@H](C)C(=O)C(C)C. The minimum atomic E-state index is 0.101. The largest absolute Gasteiger partial charge is 0.299 e. The van der Waals surface area contributed by atoms with E-state index >= 15 is 0 Å². The number of hydrogen-bond acceptors (Lipinski definition) is 1. The van der Waals surface area contributed by atoms with Crippen molar-refractivity contribution in [1.82, 2.24) is 0 Å². The number of hydrogen-bond donors (Lipinski definition) is 0. The molecule has 0 heterocycles. The molecule has 0 amide bonds. The van der Waals surface area contributed by atoms with Crippen LogP contribution < -0.4 is 0 Å². The van der Waals surface area contributed by atoms with E-state index < -0.39 is 0 Å². The first-order valence-electron chi connectivity index (χ1n) is 4.59. The van der Waals surface area contributed by atoms with E-state index in [1.165, 1.54) is 0 Å². The van der Waals surface area contributed by atoms with Crippen LogP contribution in [-0.4, -0.2) is 5.78 Å². The van der Waals surface area contributed by atoms with E-state index in [0.29, 0.717) is 12.2 Å². The molecule has 0 fully saturated rings. The second-order valence-corrected chi connectivity index (χ2v) is 3.37. The van der Waals surface area contributed by atoms with Gasteiger partial charge in [0.05, 0.1) is 0 Å². The fourth-order valence-electron chi connectivity index (χ4n) is 1.02. The van der Waals surface area contributed by atoms with E-state index in [1.54, 1.807) is 0 Å². The van der Waals surface area contributed by atoms with Crippen molar-refractivity contribution in [2.24, 2.45) is 11.8 Å². The average molecular weight is 166 g/mol. The monoisotopic (exact) mass is 166 g/mol. The number of ketones is 1. The van der Waals surface area contributed by atoms with Gasteiger partial charge >= 0.3 is 0 Å². The van der Waals surface area contributed by atoms with Gasteiger partial charge < -0.3 is 0 Å². The topological polar surface area (TPSA) is 17.1 Å². The molecule has 0 radical (unpaired) electrons. The summed E-state index contributed by atoms with van der Waals surface area (Å²) in [5.74, 6) is 6.53. The molecule has 0 rings (SSSR count). The maximum absolute atomic E-state index is 11.4. The third kappa shape index (κ3) is 4.18. The van der Waals surface area contributed by atoms with Crippen molar-refractivity contribution < 1.29 is 4.79 Å². The quantitative estimate of drug-likeness (QED) is 0.589. The summed E-state index contributed by atoms with van der Waals surface area (Å²) in [7, 11) is 0. The molecular weight excluding hydrogens is 148 g/mol. The van der Waals surface area contributed by atoms with Crippen LogP contribution in [0.15, 0.2) is 0 Å². The maximum atomic E-state index is 11.4. The molecule has 1 heteroatoms. The molecule has 0 N–H and O–H groups in total. The molecule has 0 unspecified atom stereocenters. The number of carbonyl (C=O) groups excluding carboxylic acids is 1. The molecule has 0 aromatic carbocycles. The highest BCUT2D eigenvalue weighted by atomic mass is 16.1. The van der Waals surface area contributed by atoms with E-state index in [4.69, 9.17) is 0 Å². The number of carbonyl (C=O) groups is 1. The molecule has 0 aliphatic rings. The van der Waals surface area contributed by atoms with Gasteiger partial charge in [-0.25, -0.2) is 0 Å². The third-order valence-corrected chi connectivity index (χ3v) is 1.76. The van der Waals surface area contributed by atoms with Crippen molar-refractivity contribution in [3.8, 4) is 11.8 Å². The fraction of sp³-hybridized carbons (Fsp3) is 0.727. The molecule has 0 spiro atoms. The van der Waals surface area contributed by atoms with Gasteiger partial charge in [0.2, 0.25) is 0 Å². The van der Waals surface area contributed by atoms with Crippen molar-refractivity contribution in [1.29, 1.82) is 0 Å². The molecule has 1 nitrogen and oxygen atoms in total. The van der Waals surface area contributed by atoms with Crippen LogP contribution in [0.5, 0.6) is 0 Å². The lowest BCUT2D eigenvalue weighted by atomic mass is 9.94. The number of Topliss-reactive ketones (excluding diaryl/α,β-unsaturated/α-hetero) is 1. The average Bonchev–Trinajstić information content (AvgIpc) is 2.03. The maximum Gasteiger partial charge on any atom is 0.139 e. The van der Waals surface area contributed by atoms with E-state index in [0.717, 1.165) is 6.42 Å². The summed E-state index contributed by atoms with van der Waals surface area (Å²) < 4.78 is 0. The minimum absolute atomic E-state index is 0.101. The van der Waals surface area contributed by atoms with Gasteiger partial charge in [-0.05, 0) is 0 Å². The second kappa shape index (κ2) is 5.83. The molecule has 0 saturated heterocycles. The molecule has 12 heavy (non-hydrogen) atoms. The highest BCUT2D eigenvalue weighted by Gasteiger charge is 2.14. The Morgan fingerprint density at radius 3 is 2.25 bits per heavy atom. The summed E-state index contributed by atoms with van der Waals surface area (Å²) in [6.45, 7) is 7.84. The summed E-state index contributed by atoms with van der Waals surface area (Å²) in [5.41, 5.74) is 0. The normalized spacial score (nSPS) is 12.1.